The third kappa shape index (κ3) is 7.09. The second-order valence-electron chi connectivity index (χ2n) is 10.5. The van der Waals surface area contributed by atoms with E-state index in [1.54, 1.807) is 0 Å². The van der Waals surface area contributed by atoms with E-state index in [2.05, 4.69) is 62.0 Å². The lowest BCUT2D eigenvalue weighted by atomic mass is 9.87. The highest BCUT2D eigenvalue weighted by Gasteiger charge is 2.37. The number of aromatic nitrogens is 4. The molecule has 1 aromatic carbocycles. The van der Waals surface area contributed by atoms with E-state index >= 15 is 0 Å². The average Bonchev–Trinajstić information content (AvgIpc) is 3.48. The molecule has 3 aromatic rings. The summed E-state index contributed by atoms with van der Waals surface area (Å²) in [4.78, 5) is 41.7. The van der Waals surface area contributed by atoms with Gasteiger partial charge in [0.15, 0.2) is 11.5 Å². The molecule has 3 amide bonds. The fourth-order valence-electron chi connectivity index (χ4n) is 4.28. The number of hydrogen-bond donors (Lipinski definition) is 6. The number of nitrogens with one attached hydrogen (secondary N) is 5. The van der Waals surface area contributed by atoms with Gasteiger partial charge in [0, 0.05) is 38.4 Å². The van der Waals surface area contributed by atoms with Gasteiger partial charge in [-0.1, -0.05) is 32.9 Å². The standard InChI is InChI=1S/C25H34ClN9O3/c1-24(2,3)16-4-6-17(7-5-16)32-23(37)29-10-9-28-18(36)12-27-13-25(38)8-11-35(14-25)21-19-20(31-15-30-19)33-22(26)34-21/h4-7,15,27,38H,8-14H2,1-3H3,(H,28,36)(H2,29,32,37)(H,30,31,33,34). The number of aliphatic hydroxyl groups is 1. The summed E-state index contributed by atoms with van der Waals surface area (Å²) in [5.41, 5.74) is 2.02. The van der Waals surface area contributed by atoms with E-state index in [1.807, 2.05) is 29.2 Å². The van der Waals surface area contributed by atoms with Crippen LogP contribution in [0.1, 0.15) is 32.8 Å². The lowest BCUT2D eigenvalue weighted by molar-refractivity contribution is -0.120. The summed E-state index contributed by atoms with van der Waals surface area (Å²) < 4.78 is 0. The van der Waals surface area contributed by atoms with E-state index in [-0.39, 0.29) is 48.8 Å². The molecule has 0 bridgehead atoms. The summed E-state index contributed by atoms with van der Waals surface area (Å²) in [6.45, 7) is 8.12. The number of benzene rings is 1. The van der Waals surface area contributed by atoms with Gasteiger partial charge in [-0.25, -0.2) is 9.78 Å². The molecule has 0 aliphatic carbocycles. The van der Waals surface area contributed by atoms with Crippen molar-refractivity contribution in [2.24, 2.45) is 0 Å². The smallest absolute Gasteiger partial charge is 0.319 e. The van der Waals surface area contributed by atoms with Crippen molar-refractivity contribution in [2.75, 3.05) is 49.5 Å². The quantitative estimate of drug-likeness (QED) is 0.176. The molecule has 6 N–H and O–H groups in total. The lowest BCUT2D eigenvalue weighted by Crippen LogP contribution is -2.46. The zero-order valence-corrected chi connectivity index (χ0v) is 22.5. The Hall–Kier alpha value is -3.48. The van der Waals surface area contributed by atoms with E-state index in [0.29, 0.717) is 42.2 Å². The molecule has 3 heterocycles. The van der Waals surface area contributed by atoms with Gasteiger partial charge in [-0.05, 0) is 41.1 Å². The average molecular weight is 544 g/mol. The van der Waals surface area contributed by atoms with Crippen molar-refractivity contribution in [1.29, 1.82) is 0 Å². The number of urea groups is 1. The molecule has 0 spiro atoms. The number of anilines is 2. The van der Waals surface area contributed by atoms with Gasteiger partial charge in [-0.3, -0.25) is 4.79 Å². The summed E-state index contributed by atoms with van der Waals surface area (Å²) in [5, 5.41) is 22.3. The van der Waals surface area contributed by atoms with Crippen molar-refractivity contribution < 1.29 is 14.7 Å². The van der Waals surface area contributed by atoms with E-state index in [4.69, 9.17) is 11.6 Å². The number of aromatic amines is 1. The lowest BCUT2D eigenvalue weighted by Gasteiger charge is -2.24. The minimum Gasteiger partial charge on any atom is -0.387 e. The molecule has 38 heavy (non-hydrogen) atoms. The van der Waals surface area contributed by atoms with Crippen LogP contribution in [0.2, 0.25) is 5.28 Å². The van der Waals surface area contributed by atoms with Crippen LogP contribution in [0.5, 0.6) is 0 Å². The van der Waals surface area contributed by atoms with Crippen LogP contribution >= 0.6 is 11.6 Å². The maximum absolute atomic E-state index is 12.2. The van der Waals surface area contributed by atoms with Gasteiger partial charge in [-0.15, -0.1) is 0 Å². The van der Waals surface area contributed by atoms with Crippen molar-refractivity contribution in [3.8, 4) is 0 Å². The Morgan fingerprint density at radius 2 is 1.89 bits per heavy atom. The number of nitrogens with zero attached hydrogens (tertiary/aromatic N) is 4. The van der Waals surface area contributed by atoms with Crippen molar-refractivity contribution in [1.82, 2.24) is 35.9 Å². The molecule has 13 heteroatoms. The molecule has 4 rings (SSSR count). The molecule has 1 fully saturated rings. The van der Waals surface area contributed by atoms with Gasteiger partial charge in [0.1, 0.15) is 5.52 Å². The molecular formula is C25H34ClN9O3. The van der Waals surface area contributed by atoms with Crippen molar-refractivity contribution in [2.45, 2.75) is 38.2 Å². The zero-order valence-electron chi connectivity index (χ0n) is 21.8. The molecule has 0 saturated carbocycles. The maximum Gasteiger partial charge on any atom is 0.319 e. The molecule has 204 valence electrons. The summed E-state index contributed by atoms with van der Waals surface area (Å²) in [5.74, 6) is 0.356. The van der Waals surface area contributed by atoms with Crippen molar-refractivity contribution >= 4 is 46.2 Å². The van der Waals surface area contributed by atoms with Crippen LogP contribution in [0.25, 0.3) is 11.2 Å². The predicted octanol–water partition coefficient (Wildman–Crippen LogP) is 1.77. The zero-order chi connectivity index (χ0) is 27.3. The Labute approximate surface area is 226 Å². The number of fused-ring (bicyclic) bond motifs is 1. The van der Waals surface area contributed by atoms with Crippen LogP contribution in [-0.2, 0) is 10.2 Å². The number of amides is 3. The topological polar surface area (TPSA) is 160 Å². The van der Waals surface area contributed by atoms with Crippen LogP contribution in [0.3, 0.4) is 0 Å². The number of carbonyl (C=O) groups excluding carboxylic acids is 2. The summed E-state index contributed by atoms with van der Waals surface area (Å²) in [7, 11) is 0. The Balaban J connectivity index is 1.13. The third-order valence-electron chi connectivity index (χ3n) is 6.35. The predicted molar refractivity (Wildman–Crippen MR) is 147 cm³/mol. The number of hydrogen-bond acceptors (Lipinski definition) is 8. The number of H-pyrrole nitrogens is 1. The van der Waals surface area contributed by atoms with Gasteiger partial charge in [-0.2, -0.15) is 9.97 Å². The highest BCUT2D eigenvalue weighted by Crippen LogP contribution is 2.29. The molecule has 12 nitrogen and oxygen atoms in total. The van der Waals surface area contributed by atoms with Crippen LogP contribution in [0.4, 0.5) is 16.3 Å². The van der Waals surface area contributed by atoms with Crippen molar-refractivity contribution in [3.63, 3.8) is 0 Å². The van der Waals surface area contributed by atoms with E-state index < -0.39 is 5.60 Å². The first kappa shape index (κ1) is 27.6. The van der Waals surface area contributed by atoms with Crippen molar-refractivity contribution in [3.05, 3.63) is 41.4 Å². The second-order valence-corrected chi connectivity index (χ2v) is 10.8. The van der Waals surface area contributed by atoms with Gasteiger partial charge < -0.3 is 36.3 Å². The number of imidazole rings is 1. The summed E-state index contributed by atoms with van der Waals surface area (Å²) >= 11 is 6.02. The molecule has 1 aliphatic heterocycles. The fourth-order valence-corrected chi connectivity index (χ4v) is 4.44. The van der Waals surface area contributed by atoms with Gasteiger partial charge in [0.05, 0.1) is 18.5 Å². The monoisotopic (exact) mass is 543 g/mol. The largest absolute Gasteiger partial charge is 0.387 e. The van der Waals surface area contributed by atoms with E-state index in [9.17, 15) is 14.7 Å². The van der Waals surface area contributed by atoms with Gasteiger partial charge >= 0.3 is 6.03 Å². The summed E-state index contributed by atoms with van der Waals surface area (Å²) in [6.07, 6.45) is 2.02. The SMILES string of the molecule is CC(C)(C)c1ccc(NC(=O)NCCNC(=O)CNCC2(O)CCN(c3nc(Cl)nc4nc[nH]c34)C2)cc1. The maximum atomic E-state index is 12.2. The number of β-amino-alcohol motifs (C(OH)–C–C–N with tert-alkyl or cyclic N) is 1. The fraction of sp³-hybridized carbons (Fsp3) is 0.480. The normalized spacial score (nSPS) is 17.6. The Bertz CT molecular complexity index is 1280. The highest BCUT2D eigenvalue weighted by molar-refractivity contribution is 6.28. The number of halogens is 1. The molecule has 1 unspecified atom stereocenters. The van der Waals surface area contributed by atoms with E-state index in [1.165, 1.54) is 11.9 Å². The van der Waals surface area contributed by atoms with Crippen LogP contribution in [0, 0.1) is 0 Å². The van der Waals surface area contributed by atoms with Crippen LogP contribution < -0.4 is 26.2 Å². The molecule has 1 aliphatic rings. The van der Waals surface area contributed by atoms with Crippen LogP contribution in [-0.4, -0.2) is 81.9 Å². The second kappa shape index (κ2) is 11.5. The number of carbonyl (C=O) groups is 2. The molecule has 2 aromatic heterocycles. The first-order chi connectivity index (χ1) is 18.0. The van der Waals surface area contributed by atoms with E-state index in [0.717, 1.165) is 0 Å². The number of rotatable bonds is 9. The van der Waals surface area contributed by atoms with Crippen LogP contribution in [0.15, 0.2) is 30.6 Å². The van der Waals surface area contributed by atoms with Gasteiger partial charge in [0.2, 0.25) is 11.2 Å². The molecular weight excluding hydrogens is 510 g/mol. The molecule has 1 atom stereocenters. The Morgan fingerprint density at radius 1 is 1.16 bits per heavy atom. The molecule has 1 saturated heterocycles. The van der Waals surface area contributed by atoms with Gasteiger partial charge in [0.25, 0.3) is 0 Å². The first-order valence-electron chi connectivity index (χ1n) is 12.5. The highest BCUT2D eigenvalue weighted by atomic mass is 35.5. The minimum atomic E-state index is -1.03. The third-order valence-corrected chi connectivity index (χ3v) is 6.52. The summed E-state index contributed by atoms with van der Waals surface area (Å²) in [6, 6.07) is 7.38. The minimum absolute atomic E-state index is 0.0404. The first-order valence-corrected chi connectivity index (χ1v) is 12.9. The molecule has 0 radical (unpaired) electrons. The Morgan fingerprint density at radius 3 is 2.63 bits per heavy atom. The Kier molecular flexibility index (Phi) is 8.34.